The second-order valence-corrected chi connectivity index (χ2v) is 3.06. The van der Waals surface area contributed by atoms with Crippen molar-refractivity contribution in [3.05, 3.63) is 11.4 Å². The highest BCUT2D eigenvalue weighted by Crippen LogP contribution is 2.31. The fourth-order valence-electron chi connectivity index (χ4n) is 1.15. The van der Waals surface area contributed by atoms with Gasteiger partial charge in [-0.3, -0.25) is 0 Å². The highest BCUT2D eigenvalue weighted by Gasteiger charge is 2.39. The summed E-state index contributed by atoms with van der Waals surface area (Å²) in [7, 11) is 0. The zero-order valence-electron chi connectivity index (χ0n) is 8.02. The molecule has 0 bridgehead atoms. The average Bonchev–Trinajstić information content (AvgIpc) is 2.60. The van der Waals surface area contributed by atoms with E-state index in [1.54, 1.807) is 0 Å². The summed E-state index contributed by atoms with van der Waals surface area (Å²) >= 11 is 0. The lowest BCUT2D eigenvalue weighted by molar-refractivity contribution is -0.146. The van der Waals surface area contributed by atoms with Crippen LogP contribution in [0.1, 0.15) is 11.4 Å². The van der Waals surface area contributed by atoms with Crippen molar-refractivity contribution in [3.63, 3.8) is 0 Å². The van der Waals surface area contributed by atoms with E-state index >= 15 is 0 Å². The van der Waals surface area contributed by atoms with Gasteiger partial charge < -0.3 is 15.3 Å². The zero-order chi connectivity index (χ0) is 12.3. The predicted molar refractivity (Wildman–Crippen MR) is 44.0 cm³/mol. The molecule has 1 unspecified atom stereocenters. The molecule has 92 valence electrons. The minimum atomic E-state index is -4.73. The minimum Gasteiger partial charge on any atom is -0.394 e. The summed E-state index contributed by atoms with van der Waals surface area (Å²) in [5.74, 6) is 0. The minimum absolute atomic E-state index is 0.409. The van der Waals surface area contributed by atoms with Crippen LogP contribution in [0.2, 0.25) is 0 Å². The van der Waals surface area contributed by atoms with Gasteiger partial charge in [0, 0.05) is 0 Å². The number of aliphatic hydroxyl groups excluding tert-OH is 3. The quantitative estimate of drug-likeness (QED) is 0.638. The van der Waals surface area contributed by atoms with E-state index in [4.69, 9.17) is 15.3 Å². The Balaban J connectivity index is 3.05. The first kappa shape index (κ1) is 12.9. The van der Waals surface area contributed by atoms with Gasteiger partial charge in [0.15, 0.2) is 5.69 Å². The number of hydrogen-bond donors (Lipinski definition) is 3. The Morgan fingerprint density at radius 1 is 1.31 bits per heavy atom. The topological polar surface area (TPSA) is 91.4 Å². The first-order valence-electron chi connectivity index (χ1n) is 4.29. The van der Waals surface area contributed by atoms with Gasteiger partial charge in [-0.05, 0) is 0 Å². The van der Waals surface area contributed by atoms with Gasteiger partial charge in [-0.25, -0.2) is 4.68 Å². The molecule has 1 heterocycles. The summed E-state index contributed by atoms with van der Waals surface area (Å²) in [6.07, 6.45) is -6.09. The molecule has 0 spiro atoms. The highest BCUT2D eigenvalue weighted by atomic mass is 19.4. The second kappa shape index (κ2) is 4.76. The monoisotopic (exact) mass is 241 g/mol. The maximum atomic E-state index is 12.5. The van der Waals surface area contributed by atoms with E-state index in [1.807, 2.05) is 0 Å². The third-order valence-electron chi connectivity index (χ3n) is 1.82. The molecule has 1 atom stereocenters. The normalized spacial score (nSPS) is 14.1. The highest BCUT2D eigenvalue weighted by molar-refractivity contribution is 5.13. The van der Waals surface area contributed by atoms with Gasteiger partial charge in [0.2, 0.25) is 0 Å². The molecule has 1 aromatic rings. The van der Waals surface area contributed by atoms with Crippen molar-refractivity contribution in [1.82, 2.24) is 15.0 Å². The Kier molecular flexibility index (Phi) is 3.83. The van der Waals surface area contributed by atoms with Crippen molar-refractivity contribution in [2.75, 3.05) is 6.61 Å². The Labute approximate surface area is 87.9 Å². The van der Waals surface area contributed by atoms with Crippen LogP contribution in [-0.2, 0) is 19.3 Å². The van der Waals surface area contributed by atoms with Crippen LogP contribution >= 0.6 is 0 Å². The Morgan fingerprint density at radius 3 is 2.38 bits per heavy atom. The fraction of sp³-hybridized carbons (Fsp3) is 0.714. The van der Waals surface area contributed by atoms with E-state index in [0.717, 1.165) is 0 Å². The molecule has 3 N–H and O–H groups in total. The van der Waals surface area contributed by atoms with Crippen molar-refractivity contribution in [1.29, 1.82) is 0 Å². The van der Waals surface area contributed by atoms with Gasteiger partial charge in [0.25, 0.3) is 0 Å². The maximum absolute atomic E-state index is 12.5. The molecule has 0 aliphatic heterocycles. The number of halogens is 3. The molecule has 0 fully saturated rings. The maximum Gasteiger partial charge on any atom is 0.435 e. The standard InChI is InChI=1S/C7H10F3N3O3/c8-7(9,10)6-5(3-15)11-12-13(6)1-4(16)2-14/h4,14-16H,1-3H2. The van der Waals surface area contributed by atoms with Crippen LogP contribution in [0.3, 0.4) is 0 Å². The first-order chi connectivity index (χ1) is 7.40. The summed E-state index contributed by atoms with van der Waals surface area (Å²) in [6.45, 7) is -2.13. The van der Waals surface area contributed by atoms with Gasteiger partial charge in [0.1, 0.15) is 5.69 Å². The van der Waals surface area contributed by atoms with E-state index < -0.39 is 43.4 Å². The van der Waals surface area contributed by atoms with Crippen LogP contribution < -0.4 is 0 Å². The van der Waals surface area contributed by atoms with Gasteiger partial charge in [-0.1, -0.05) is 5.21 Å². The SMILES string of the molecule is OCc1nnn(CC(O)CO)c1C(F)(F)F. The second-order valence-electron chi connectivity index (χ2n) is 3.06. The van der Waals surface area contributed by atoms with Crippen LogP contribution in [-0.4, -0.2) is 43.0 Å². The number of rotatable bonds is 4. The van der Waals surface area contributed by atoms with Gasteiger partial charge in [-0.2, -0.15) is 13.2 Å². The Morgan fingerprint density at radius 2 is 1.94 bits per heavy atom. The molecule has 1 rings (SSSR count). The molecule has 1 aromatic heterocycles. The Hall–Kier alpha value is -1.19. The summed E-state index contributed by atoms with van der Waals surface area (Å²) < 4.78 is 38.0. The smallest absolute Gasteiger partial charge is 0.394 e. The van der Waals surface area contributed by atoms with Crippen LogP contribution in [0.4, 0.5) is 13.2 Å². The summed E-state index contributed by atoms with van der Waals surface area (Å²) in [5, 5.41) is 32.5. The zero-order valence-corrected chi connectivity index (χ0v) is 8.02. The predicted octanol–water partition coefficient (Wildman–Crippen LogP) is -0.858. The van der Waals surface area contributed by atoms with Crippen LogP contribution in [0.15, 0.2) is 0 Å². The van der Waals surface area contributed by atoms with E-state index in [9.17, 15) is 13.2 Å². The molecule has 9 heteroatoms. The molecule has 16 heavy (non-hydrogen) atoms. The number of aliphatic hydroxyl groups is 3. The molecule has 0 radical (unpaired) electrons. The molecule has 0 aliphatic carbocycles. The average molecular weight is 241 g/mol. The molecule has 0 aliphatic rings. The van der Waals surface area contributed by atoms with Crippen LogP contribution in [0, 0.1) is 0 Å². The number of hydrogen-bond acceptors (Lipinski definition) is 5. The van der Waals surface area contributed by atoms with Gasteiger partial charge in [-0.15, -0.1) is 5.10 Å². The lowest BCUT2D eigenvalue weighted by atomic mass is 10.3. The molecule has 0 saturated carbocycles. The Bertz CT molecular complexity index is 352. The molecule has 6 nitrogen and oxygen atoms in total. The molecule has 0 saturated heterocycles. The lowest BCUT2D eigenvalue weighted by Crippen LogP contribution is -2.25. The number of aromatic nitrogens is 3. The van der Waals surface area contributed by atoms with Crippen molar-refractivity contribution < 1.29 is 28.5 Å². The first-order valence-corrected chi connectivity index (χ1v) is 4.29. The van der Waals surface area contributed by atoms with Crippen molar-refractivity contribution >= 4 is 0 Å². The van der Waals surface area contributed by atoms with Gasteiger partial charge in [0.05, 0.1) is 25.9 Å². The molecular weight excluding hydrogens is 231 g/mol. The summed E-state index contributed by atoms with van der Waals surface area (Å²) in [6, 6.07) is 0. The third-order valence-corrected chi connectivity index (χ3v) is 1.82. The van der Waals surface area contributed by atoms with E-state index in [0.29, 0.717) is 4.68 Å². The molecule has 0 aromatic carbocycles. The van der Waals surface area contributed by atoms with E-state index in [2.05, 4.69) is 10.3 Å². The van der Waals surface area contributed by atoms with Crippen LogP contribution in [0.5, 0.6) is 0 Å². The fourth-order valence-corrected chi connectivity index (χ4v) is 1.15. The summed E-state index contributed by atoms with van der Waals surface area (Å²) in [5.41, 5.74) is -1.83. The summed E-state index contributed by atoms with van der Waals surface area (Å²) in [4.78, 5) is 0. The number of nitrogens with zero attached hydrogens (tertiary/aromatic N) is 3. The van der Waals surface area contributed by atoms with Crippen molar-refractivity contribution in [3.8, 4) is 0 Å². The lowest BCUT2D eigenvalue weighted by Gasteiger charge is -2.12. The molecular formula is C7H10F3N3O3. The van der Waals surface area contributed by atoms with E-state index in [1.165, 1.54) is 0 Å². The molecule has 0 amide bonds. The van der Waals surface area contributed by atoms with Crippen LogP contribution in [0.25, 0.3) is 0 Å². The number of alkyl halides is 3. The van der Waals surface area contributed by atoms with Gasteiger partial charge >= 0.3 is 6.18 Å². The van der Waals surface area contributed by atoms with Crippen molar-refractivity contribution in [2.45, 2.75) is 25.4 Å². The van der Waals surface area contributed by atoms with Crippen molar-refractivity contribution in [2.24, 2.45) is 0 Å². The van der Waals surface area contributed by atoms with E-state index in [-0.39, 0.29) is 0 Å². The third kappa shape index (κ3) is 2.68. The largest absolute Gasteiger partial charge is 0.435 e.